The predicted molar refractivity (Wildman–Crippen MR) is 130 cm³/mol. The molecular formula is C22H25BrCl2N2O2S. The molecule has 0 aliphatic carbocycles. The van der Waals surface area contributed by atoms with Crippen LogP contribution in [0.25, 0.3) is 0 Å². The van der Waals surface area contributed by atoms with E-state index in [9.17, 15) is 9.59 Å². The topological polar surface area (TPSA) is 49.4 Å². The number of carbonyl (C=O) groups excluding carboxylic acids is 2. The van der Waals surface area contributed by atoms with Crippen LogP contribution in [-0.2, 0) is 21.9 Å². The number of amides is 2. The molecule has 2 aromatic carbocycles. The van der Waals surface area contributed by atoms with E-state index in [-0.39, 0.29) is 17.6 Å². The molecule has 2 aromatic rings. The van der Waals surface area contributed by atoms with Gasteiger partial charge in [0.05, 0.1) is 15.8 Å². The Balaban J connectivity index is 2.06. The summed E-state index contributed by atoms with van der Waals surface area (Å²) in [5.41, 5.74) is 1.96. The number of benzene rings is 2. The van der Waals surface area contributed by atoms with Crippen molar-refractivity contribution in [3.8, 4) is 0 Å². The monoisotopic (exact) mass is 530 g/mol. The zero-order valence-corrected chi connectivity index (χ0v) is 20.9. The highest BCUT2D eigenvalue weighted by molar-refractivity contribution is 9.10. The van der Waals surface area contributed by atoms with E-state index in [0.29, 0.717) is 28.9 Å². The number of halogens is 3. The van der Waals surface area contributed by atoms with Gasteiger partial charge in [0.15, 0.2) is 0 Å². The summed E-state index contributed by atoms with van der Waals surface area (Å²) in [7, 11) is 0. The Labute approximate surface area is 200 Å². The van der Waals surface area contributed by atoms with Gasteiger partial charge in [-0.2, -0.15) is 0 Å². The molecule has 2 rings (SSSR count). The molecule has 2 amide bonds. The number of hydrogen-bond donors (Lipinski definition) is 1. The Morgan fingerprint density at radius 1 is 1.13 bits per heavy atom. The van der Waals surface area contributed by atoms with Crippen LogP contribution in [0.4, 0.5) is 0 Å². The van der Waals surface area contributed by atoms with Crippen molar-refractivity contribution in [3.63, 3.8) is 0 Å². The molecule has 0 fully saturated rings. The molecule has 0 saturated heterocycles. The van der Waals surface area contributed by atoms with E-state index in [2.05, 4.69) is 21.2 Å². The molecule has 0 heterocycles. The van der Waals surface area contributed by atoms with E-state index in [1.165, 1.54) is 11.8 Å². The molecule has 0 saturated carbocycles. The maximum atomic E-state index is 13.0. The van der Waals surface area contributed by atoms with Gasteiger partial charge in [-0.25, -0.2) is 0 Å². The minimum atomic E-state index is -0.561. The standard InChI is InChI=1S/C22H25BrCl2N2O2S/c1-3-9-26-22(29)15(2)27(12-16-5-4-6-18(23)10-16)21(28)14-30-13-17-7-8-19(24)20(25)11-17/h4-8,10-11,15H,3,9,12-14H2,1-2H3,(H,26,29)/t15-/m1/s1. The lowest BCUT2D eigenvalue weighted by Crippen LogP contribution is -2.48. The first-order valence-electron chi connectivity index (χ1n) is 9.65. The van der Waals surface area contributed by atoms with E-state index in [1.807, 2.05) is 37.3 Å². The average molecular weight is 532 g/mol. The number of hydrogen-bond acceptors (Lipinski definition) is 3. The van der Waals surface area contributed by atoms with Crippen molar-refractivity contribution < 1.29 is 9.59 Å². The number of rotatable bonds is 10. The second kappa shape index (κ2) is 12.6. The predicted octanol–water partition coefficient (Wildman–Crippen LogP) is 5.93. The van der Waals surface area contributed by atoms with Gasteiger partial charge in [-0.1, -0.05) is 64.3 Å². The molecule has 4 nitrogen and oxygen atoms in total. The fourth-order valence-electron chi connectivity index (χ4n) is 2.78. The number of carbonyl (C=O) groups is 2. The summed E-state index contributed by atoms with van der Waals surface area (Å²) in [5, 5.41) is 3.89. The minimum absolute atomic E-state index is 0.0841. The molecule has 0 aliphatic rings. The normalized spacial score (nSPS) is 11.8. The second-order valence-electron chi connectivity index (χ2n) is 6.86. The molecule has 0 aromatic heterocycles. The Morgan fingerprint density at radius 3 is 2.57 bits per heavy atom. The van der Waals surface area contributed by atoms with E-state index < -0.39 is 6.04 Å². The van der Waals surface area contributed by atoms with Gasteiger partial charge in [0.2, 0.25) is 11.8 Å². The Hall–Kier alpha value is -1.21. The highest BCUT2D eigenvalue weighted by Gasteiger charge is 2.25. The smallest absolute Gasteiger partial charge is 0.242 e. The second-order valence-corrected chi connectivity index (χ2v) is 9.58. The van der Waals surface area contributed by atoms with Crippen LogP contribution < -0.4 is 5.32 Å². The lowest BCUT2D eigenvalue weighted by molar-refractivity contribution is -0.138. The van der Waals surface area contributed by atoms with Crippen LogP contribution in [0.1, 0.15) is 31.4 Å². The van der Waals surface area contributed by atoms with Gasteiger partial charge in [-0.15, -0.1) is 11.8 Å². The molecule has 0 aliphatic heterocycles. The first-order chi connectivity index (χ1) is 14.3. The van der Waals surface area contributed by atoms with Crippen molar-refractivity contribution in [3.05, 3.63) is 68.1 Å². The van der Waals surface area contributed by atoms with Gasteiger partial charge in [-0.05, 0) is 48.7 Å². The fourth-order valence-corrected chi connectivity index (χ4v) is 4.40. The third-order valence-corrected chi connectivity index (χ3v) is 6.66. The zero-order chi connectivity index (χ0) is 22.1. The van der Waals surface area contributed by atoms with Crippen LogP contribution in [0.2, 0.25) is 10.0 Å². The Morgan fingerprint density at radius 2 is 1.90 bits per heavy atom. The SMILES string of the molecule is CCCNC(=O)[C@@H](C)N(Cc1cccc(Br)c1)C(=O)CSCc1ccc(Cl)c(Cl)c1. The third-order valence-electron chi connectivity index (χ3n) is 4.44. The molecule has 162 valence electrons. The van der Waals surface area contributed by atoms with Gasteiger partial charge in [-0.3, -0.25) is 9.59 Å². The lowest BCUT2D eigenvalue weighted by Gasteiger charge is -2.29. The van der Waals surface area contributed by atoms with Crippen LogP contribution in [0.3, 0.4) is 0 Å². The summed E-state index contributed by atoms with van der Waals surface area (Å²) < 4.78 is 0.935. The van der Waals surface area contributed by atoms with E-state index >= 15 is 0 Å². The summed E-state index contributed by atoms with van der Waals surface area (Å²) in [6.07, 6.45) is 0.845. The Kier molecular flexibility index (Phi) is 10.5. The number of nitrogens with zero attached hydrogens (tertiary/aromatic N) is 1. The van der Waals surface area contributed by atoms with E-state index in [0.717, 1.165) is 22.0 Å². The van der Waals surface area contributed by atoms with Gasteiger partial charge >= 0.3 is 0 Å². The minimum Gasteiger partial charge on any atom is -0.354 e. The maximum absolute atomic E-state index is 13.0. The quantitative estimate of drug-likeness (QED) is 0.413. The molecule has 0 unspecified atom stereocenters. The van der Waals surface area contributed by atoms with Crippen LogP contribution in [0.15, 0.2) is 46.9 Å². The lowest BCUT2D eigenvalue weighted by atomic mass is 10.1. The molecule has 0 radical (unpaired) electrons. The van der Waals surface area contributed by atoms with Crippen LogP contribution in [0, 0.1) is 0 Å². The van der Waals surface area contributed by atoms with Crippen molar-refractivity contribution in [2.45, 2.75) is 38.6 Å². The fraction of sp³-hybridized carbons (Fsp3) is 0.364. The Bertz CT molecular complexity index is 882. The van der Waals surface area contributed by atoms with Crippen LogP contribution in [0.5, 0.6) is 0 Å². The zero-order valence-electron chi connectivity index (χ0n) is 17.0. The maximum Gasteiger partial charge on any atom is 0.242 e. The summed E-state index contributed by atoms with van der Waals surface area (Å²) in [6.45, 7) is 4.72. The number of nitrogens with one attached hydrogen (secondary N) is 1. The van der Waals surface area contributed by atoms with Gasteiger partial charge in [0, 0.05) is 23.3 Å². The van der Waals surface area contributed by atoms with Crippen molar-refractivity contribution in [2.75, 3.05) is 12.3 Å². The highest BCUT2D eigenvalue weighted by Crippen LogP contribution is 2.25. The number of thioether (sulfide) groups is 1. The highest BCUT2D eigenvalue weighted by atomic mass is 79.9. The van der Waals surface area contributed by atoms with Gasteiger partial charge in [0.25, 0.3) is 0 Å². The summed E-state index contributed by atoms with van der Waals surface area (Å²) >= 11 is 17.0. The van der Waals surface area contributed by atoms with E-state index in [4.69, 9.17) is 23.2 Å². The summed E-state index contributed by atoms with van der Waals surface area (Å²) in [4.78, 5) is 27.2. The summed E-state index contributed by atoms with van der Waals surface area (Å²) in [6, 6.07) is 12.6. The molecule has 1 N–H and O–H groups in total. The van der Waals surface area contributed by atoms with Gasteiger partial charge < -0.3 is 10.2 Å². The van der Waals surface area contributed by atoms with Crippen LogP contribution >= 0.6 is 50.9 Å². The largest absolute Gasteiger partial charge is 0.354 e. The molecule has 0 bridgehead atoms. The van der Waals surface area contributed by atoms with Crippen molar-refractivity contribution >= 4 is 62.7 Å². The third kappa shape index (κ3) is 7.80. The van der Waals surface area contributed by atoms with Gasteiger partial charge in [0.1, 0.15) is 6.04 Å². The molecular weight excluding hydrogens is 507 g/mol. The molecule has 30 heavy (non-hydrogen) atoms. The average Bonchev–Trinajstić information content (AvgIpc) is 2.72. The molecule has 8 heteroatoms. The van der Waals surface area contributed by atoms with Crippen LogP contribution in [-0.4, -0.2) is 35.1 Å². The van der Waals surface area contributed by atoms with Crippen molar-refractivity contribution in [1.82, 2.24) is 10.2 Å². The summed E-state index contributed by atoms with van der Waals surface area (Å²) in [5.74, 6) is 0.664. The molecule has 1 atom stereocenters. The molecule has 0 spiro atoms. The first-order valence-corrected chi connectivity index (χ1v) is 12.4. The first kappa shape index (κ1) is 25.1. The van der Waals surface area contributed by atoms with E-state index in [1.54, 1.807) is 24.0 Å². The van der Waals surface area contributed by atoms with Crippen molar-refractivity contribution in [2.24, 2.45) is 0 Å². The van der Waals surface area contributed by atoms with Crippen molar-refractivity contribution in [1.29, 1.82) is 0 Å².